The van der Waals surface area contributed by atoms with Crippen molar-refractivity contribution in [1.82, 2.24) is 19.6 Å². The molecule has 10 nitrogen and oxygen atoms in total. The van der Waals surface area contributed by atoms with Crippen LogP contribution in [0.4, 0.5) is 10.5 Å². The number of benzene rings is 1. The van der Waals surface area contributed by atoms with E-state index in [1.165, 1.54) is 20.7 Å². The molecule has 0 saturated carbocycles. The number of esters is 1. The number of aromatic nitrogens is 2. The number of anilines is 1. The van der Waals surface area contributed by atoms with Gasteiger partial charge in [0.1, 0.15) is 0 Å². The molecule has 0 bridgehead atoms. The number of likely N-dealkylation sites (tertiary alicyclic amines) is 1. The van der Waals surface area contributed by atoms with Crippen molar-refractivity contribution >= 4 is 23.6 Å². The van der Waals surface area contributed by atoms with Crippen LogP contribution in [0, 0.1) is 11.8 Å². The molecule has 1 atom stereocenters. The number of urea groups is 1. The van der Waals surface area contributed by atoms with Crippen LogP contribution in [0.15, 0.2) is 30.5 Å². The Balaban J connectivity index is 1.93. The Bertz CT molecular complexity index is 1110. The molecule has 0 radical (unpaired) electrons. The van der Waals surface area contributed by atoms with Gasteiger partial charge < -0.3 is 25.0 Å². The van der Waals surface area contributed by atoms with Crippen LogP contribution in [-0.2, 0) is 9.53 Å². The van der Waals surface area contributed by atoms with E-state index in [2.05, 4.69) is 22.3 Å². The Hall–Kier alpha value is -3.84. The molecule has 168 valence electrons. The quantitative estimate of drug-likeness (QED) is 0.544. The Morgan fingerprint density at radius 1 is 1.38 bits per heavy atom. The Labute approximate surface area is 185 Å². The average molecular weight is 439 g/mol. The molecule has 0 unspecified atom stereocenters. The summed E-state index contributed by atoms with van der Waals surface area (Å²) in [5, 5.41) is 17.4. The number of carbonyl (C=O) groups is 3. The van der Waals surface area contributed by atoms with Crippen LogP contribution < -0.4 is 5.32 Å². The van der Waals surface area contributed by atoms with Crippen molar-refractivity contribution in [2.45, 2.75) is 18.9 Å². The van der Waals surface area contributed by atoms with Crippen LogP contribution in [-0.4, -0.2) is 82.5 Å². The highest BCUT2D eigenvalue weighted by atomic mass is 16.5. The third-order valence-electron chi connectivity index (χ3n) is 4.86. The van der Waals surface area contributed by atoms with E-state index in [9.17, 15) is 19.5 Å². The lowest BCUT2D eigenvalue weighted by Crippen LogP contribution is -2.37. The van der Waals surface area contributed by atoms with Gasteiger partial charge in [-0.3, -0.25) is 4.79 Å². The molecule has 32 heavy (non-hydrogen) atoms. The monoisotopic (exact) mass is 439 g/mol. The van der Waals surface area contributed by atoms with Gasteiger partial charge in [0.05, 0.1) is 24.2 Å². The number of likely N-dealkylation sites (N-methyl/N-ethyl adjacent to an activating group) is 1. The van der Waals surface area contributed by atoms with E-state index in [1.807, 2.05) is 0 Å². The predicted octanol–water partition coefficient (Wildman–Crippen LogP) is 1.09. The van der Waals surface area contributed by atoms with E-state index in [4.69, 9.17) is 4.74 Å². The second-order valence-corrected chi connectivity index (χ2v) is 7.52. The summed E-state index contributed by atoms with van der Waals surface area (Å²) in [7, 11) is 4.77. The van der Waals surface area contributed by atoms with Gasteiger partial charge in [0.25, 0.3) is 5.91 Å². The molecule has 0 spiro atoms. The summed E-state index contributed by atoms with van der Waals surface area (Å²) in [5.41, 5.74) is -0.420. The van der Waals surface area contributed by atoms with Gasteiger partial charge in [-0.15, -0.1) is 0 Å². The number of nitrogens with one attached hydrogen (secondary N) is 1. The molecule has 1 aromatic heterocycles. The number of nitrogens with zero attached hydrogens (tertiary/aromatic N) is 4. The minimum Gasteiger partial charge on any atom is -0.461 e. The summed E-state index contributed by atoms with van der Waals surface area (Å²) in [4.78, 5) is 39.3. The number of hydrogen-bond acceptors (Lipinski definition) is 6. The fraction of sp³-hybridized carbons (Fsp3) is 0.364. The largest absolute Gasteiger partial charge is 0.461 e. The highest BCUT2D eigenvalue weighted by Crippen LogP contribution is 2.22. The molecular weight excluding hydrogens is 414 g/mol. The van der Waals surface area contributed by atoms with Crippen molar-refractivity contribution in [2.75, 3.05) is 39.6 Å². The molecule has 2 N–H and O–H groups in total. The first-order chi connectivity index (χ1) is 15.1. The van der Waals surface area contributed by atoms with Gasteiger partial charge in [-0.05, 0) is 25.1 Å². The third kappa shape index (κ3) is 4.73. The standard InChI is InChI=1S/C22H25N5O5/c1-5-32-19(28)18-17(23-21(30)25(2)3)14-27(24-18)16-8-6-7-15(13-16)9-10-22(31)11-12-26(4)20(22)29/h6-8,13-14,31H,5,11-12H2,1-4H3,(H,23,30)/t22-/m0/s1. The Kier molecular flexibility index (Phi) is 6.50. The van der Waals surface area contributed by atoms with E-state index < -0.39 is 23.5 Å². The topological polar surface area (TPSA) is 117 Å². The number of rotatable bonds is 4. The van der Waals surface area contributed by atoms with Gasteiger partial charge in [-0.2, -0.15) is 5.10 Å². The highest BCUT2D eigenvalue weighted by Gasteiger charge is 2.42. The zero-order valence-electron chi connectivity index (χ0n) is 18.4. The average Bonchev–Trinajstić information content (AvgIpc) is 3.30. The molecule has 0 aliphatic carbocycles. The van der Waals surface area contributed by atoms with Gasteiger partial charge in [0.2, 0.25) is 5.60 Å². The van der Waals surface area contributed by atoms with Crippen LogP contribution in [0.1, 0.15) is 29.4 Å². The van der Waals surface area contributed by atoms with Crippen molar-refractivity contribution < 1.29 is 24.2 Å². The van der Waals surface area contributed by atoms with Gasteiger partial charge in [0.15, 0.2) is 5.69 Å². The summed E-state index contributed by atoms with van der Waals surface area (Å²) in [6, 6.07) is 6.48. The number of amides is 3. The number of ether oxygens (including phenoxy) is 1. The van der Waals surface area contributed by atoms with Crippen LogP contribution in [0.5, 0.6) is 0 Å². The normalized spacial score (nSPS) is 17.5. The second kappa shape index (κ2) is 9.11. The SMILES string of the molecule is CCOC(=O)c1nn(-c2cccc(C#C[C@]3(O)CCN(C)C3=O)c2)cc1NC(=O)N(C)C. The van der Waals surface area contributed by atoms with E-state index in [-0.39, 0.29) is 24.4 Å². The maximum Gasteiger partial charge on any atom is 0.361 e. The van der Waals surface area contributed by atoms with Gasteiger partial charge in [0, 0.05) is 39.7 Å². The van der Waals surface area contributed by atoms with E-state index in [1.54, 1.807) is 52.3 Å². The predicted molar refractivity (Wildman–Crippen MR) is 116 cm³/mol. The highest BCUT2D eigenvalue weighted by molar-refractivity contribution is 5.99. The molecule has 1 fully saturated rings. The Morgan fingerprint density at radius 2 is 2.12 bits per heavy atom. The summed E-state index contributed by atoms with van der Waals surface area (Å²) < 4.78 is 6.47. The number of carbonyl (C=O) groups excluding carboxylic acids is 3. The Morgan fingerprint density at radius 3 is 2.75 bits per heavy atom. The summed E-state index contributed by atoms with van der Waals surface area (Å²) in [5.74, 6) is 4.43. The van der Waals surface area contributed by atoms with Crippen molar-refractivity contribution in [1.29, 1.82) is 0 Å². The number of aliphatic hydroxyl groups is 1. The van der Waals surface area contributed by atoms with E-state index >= 15 is 0 Å². The van der Waals surface area contributed by atoms with Crippen LogP contribution in [0.3, 0.4) is 0 Å². The van der Waals surface area contributed by atoms with Gasteiger partial charge >= 0.3 is 12.0 Å². The summed E-state index contributed by atoms with van der Waals surface area (Å²) >= 11 is 0. The van der Waals surface area contributed by atoms with Crippen LogP contribution >= 0.6 is 0 Å². The maximum atomic E-state index is 12.3. The van der Waals surface area contributed by atoms with E-state index in [0.717, 1.165) is 0 Å². The smallest absolute Gasteiger partial charge is 0.361 e. The zero-order chi connectivity index (χ0) is 23.5. The zero-order valence-corrected chi connectivity index (χ0v) is 18.4. The molecule has 3 rings (SSSR count). The lowest BCUT2D eigenvalue weighted by atomic mass is 10.0. The first-order valence-corrected chi connectivity index (χ1v) is 10.0. The maximum absolute atomic E-state index is 12.3. The first kappa shape index (κ1) is 22.8. The molecule has 2 heterocycles. The summed E-state index contributed by atoms with van der Waals surface area (Å²) in [6.07, 6.45) is 1.75. The van der Waals surface area contributed by atoms with Crippen LogP contribution in [0.2, 0.25) is 0 Å². The van der Waals surface area contributed by atoms with Crippen molar-refractivity contribution in [2.24, 2.45) is 0 Å². The first-order valence-electron chi connectivity index (χ1n) is 10.0. The van der Waals surface area contributed by atoms with E-state index in [0.29, 0.717) is 17.8 Å². The fourth-order valence-corrected chi connectivity index (χ4v) is 3.05. The molecule has 1 aliphatic rings. The lowest BCUT2D eigenvalue weighted by molar-refractivity contribution is -0.137. The summed E-state index contributed by atoms with van der Waals surface area (Å²) in [6.45, 7) is 2.28. The molecule has 1 aromatic carbocycles. The molecule has 2 aromatic rings. The van der Waals surface area contributed by atoms with Crippen molar-refractivity contribution in [3.8, 4) is 17.5 Å². The minimum atomic E-state index is -1.70. The van der Waals surface area contributed by atoms with Crippen LogP contribution in [0.25, 0.3) is 5.69 Å². The van der Waals surface area contributed by atoms with Crippen molar-refractivity contribution in [3.05, 3.63) is 41.7 Å². The molecule has 1 saturated heterocycles. The third-order valence-corrected chi connectivity index (χ3v) is 4.86. The lowest BCUT2D eigenvalue weighted by Gasteiger charge is -2.13. The molecule has 3 amide bonds. The molecular formula is C22H25N5O5. The fourth-order valence-electron chi connectivity index (χ4n) is 3.05. The number of hydrogen-bond donors (Lipinski definition) is 2. The van der Waals surface area contributed by atoms with Gasteiger partial charge in [-0.1, -0.05) is 17.9 Å². The molecule has 10 heteroatoms. The second-order valence-electron chi connectivity index (χ2n) is 7.52. The molecule has 1 aliphatic heterocycles. The van der Waals surface area contributed by atoms with Crippen molar-refractivity contribution in [3.63, 3.8) is 0 Å². The minimum absolute atomic E-state index is 0.0348. The van der Waals surface area contributed by atoms with Gasteiger partial charge in [-0.25, -0.2) is 14.3 Å².